The number of methoxy groups -OCH3 is 1. The fourth-order valence-corrected chi connectivity index (χ4v) is 1.92. The number of carboxylic acid groups (broad SMARTS) is 1. The van der Waals surface area contributed by atoms with Crippen molar-refractivity contribution in [2.24, 2.45) is 0 Å². The van der Waals surface area contributed by atoms with Crippen LogP contribution in [0.4, 0.5) is 0 Å². The van der Waals surface area contributed by atoms with Crippen LogP contribution in [0.5, 0.6) is 5.75 Å². The average molecular weight is 259 g/mol. The molecule has 17 heavy (non-hydrogen) atoms. The molecule has 1 atom stereocenters. The van der Waals surface area contributed by atoms with E-state index in [1.807, 2.05) is 0 Å². The van der Waals surface area contributed by atoms with Gasteiger partial charge in [-0.1, -0.05) is 0 Å². The van der Waals surface area contributed by atoms with Crippen LogP contribution in [0.2, 0.25) is 0 Å². The highest BCUT2D eigenvalue weighted by atomic mass is 32.1. The molecule has 1 heterocycles. The summed E-state index contributed by atoms with van der Waals surface area (Å²) in [5.41, 5.74) is 0. The summed E-state index contributed by atoms with van der Waals surface area (Å²) in [6, 6.07) is 0.443. The zero-order valence-electron chi connectivity index (χ0n) is 9.17. The Morgan fingerprint density at radius 2 is 2.29 bits per heavy atom. The number of carboxylic acids is 1. The maximum atomic E-state index is 11.7. The van der Waals surface area contributed by atoms with Gasteiger partial charge in [-0.15, -0.1) is 11.3 Å². The van der Waals surface area contributed by atoms with Crippen LogP contribution in [0.1, 0.15) is 16.1 Å². The Labute approximate surface area is 102 Å². The normalized spacial score (nSPS) is 11.9. The summed E-state index contributed by atoms with van der Waals surface area (Å²) in [7, 11) is 1.48. The molecular formula is C10H13NO5S. The van der Waals surface area contributed by atoms with Crippen LogP contribution in [0, 0.1) is 0 Å². The molecule has 3 N–H and O–H groups in total. The molecule has 1 aromatic heterocycles. The van der Waals surface area contributed by atoms with Crippen LogP contribution in [0.15, 0.2) is 11.4 Å². The predicted molar refractivity (Wildman–Crippen MR) is 61.5 cm³/mol. The third-order valence-electron chi connectivity index (χ3n) is 2.06. The Kier molecular flexibility index (Phi) is 4.92. The first-order valence-corrected chi connectivity index (χ1v) is 5.73. The smallest absolute Gasteiger partial charge is 0.326 e. The summed E-state index contributed by atoms with van der Waals surface area (Å²) in [5.74, 6) is -1.11. The number of hydrogen-bond donors (Lipinski definition) is 3. The minimum absolute atomic E-state index is 0.0242. The summed E-state index contributed by atoms with van der Waals surface area (Å²) in [4.78, 5) is 22.8. The first kappa shape index (κ1) is 13.5. The zero-order chi connectivity index (χ0) is 12.8. The molecule has 0 saturated heterocycles. The third kappa shape index (κ3) is 3.72. The van der Waals surface area contributed by atoms with Crippen LogP contribution in [0.3, 0.4) is 0 Å². The lowest BCUT2D eigenvalue weighted by atomic mass is 10.2. The average Bonchev–Trinajstić information content (AvgIpc) is 2.76. The number of thiophene rings is 1. The maximum Gasteiger partial charge on any atom is 0.326 e. The number of carbonyl (C=O) groups excluding carboxylic acids is 1. The topological polar surface area (TPSA) is 95.9 Å². The number of aliphatic carboxylic acids is 1. The van der Waals surface area contributed by atoms with Gasteiger partial charge in [0.2, 0.25) is 0 Å². The van der Waals surface area contributed by atoms with Gasteiger partial charge in [0, 0.05) is 24.5 Å². The van der Waals surface area contributed by atoms with Crippen LogP contribution in [-0.2, 0) is 4.79 Å². The Morgan fingerprint density at radius 3 is 2.76 bits per heavy atom. The Morgan fingerprint density at radius 1 is 1.59 bits per heavy atom. The van der Waals surface area contributed by atoms with Crippen molar-refractivity contribution in [3.05, 3.63) is 16.3 Å². The molecule has 0 aliphatic rings. The third-order valence-corrected chi connectivity index (χ3v) is 2.96. The van der Waals surface area contributed by atoms with Crippen molar-refractivity contribution in [2.45, 2.75) is 12.5 Å². The SMILES string of the molecule is COc1csc(C(=O)N[C@@H](CCO)C(=O)O)c1. The van der Waals surface area contributed by atoms with Crippen molar-refractivity contribution in [1.29, 1.82) is 0 Å². The molecule has 0 bridgehead atoms. The number of aliphatic hydroxyl groups is 1. The van der Waals surface area contributed by atoms with Gasteiger partial charge in [0.15, 0.2) is 0 Å². The fraction of sp³-hybridized carbons (Fsp3) is 0.400. The number of rotatable bonds is 6. The molecule has 0 saturated carbocycles. The highest BCUT2D eigenvalue weighted by Crippen LogP contribution is 2.20. The van der Waals surface area contributed by atoms with Gasteiger partial charge >= 0.3 is 5.97 Å². The van der Waals surface area contributed by atoms with E-state index in [4.69, 9.17) is 14.9 Å². The highest BCUT2D eigenvalue weighted by molar-refractivity contribution is 7.12. The molecule has 0 radical (unpaired) electrons. The first-order valence-electron chi connectivity index (χ1n) is 4.85. The molecule has 94 valence electrons. The van der Waals surface area contributed by atoms with Gasteiger partial charge < -0.3 is 20.3 Å². The van der Waals surface area contributed by atoms with Crippen molar-refractivity contribution in [3.63, 3.8) is 0 Å². The van der Waals surface area contributed by atoms with E-state index in [0.29, 0.717) is 10.6 Å². The molecule has 7 heteroatoms. The lowest BCUT2D eigenvalue weighted by molar-refractivity contribution is -0.139. The van der Waals surface area contributed by atoms with E-state index in [9.17, 15) is 9.59 Å². The number of nitrogens with one attached hydrogen (secondary N) is 1. The molecule has 6 nitrogen and oxygen atoms in total. The second-order valence-corrected chi connectivity index (χ2v) is 4.14. The second kappa shape index (κ2) is 6.21. The minimum atomic E-state index is -1.17. The quantitative estimate of drug-likeness (QED) is 0.684. The van der Waals surface area contributed by atoms with Gasteiger partial charge in [-0.2, -0.15) is 0 Å². The molecule has 1 rings (SSSR count). The van der Waals surface area contributed by atoms with Crippen LogP contribution in [0.25, 0.3) is 0 Å². The molecule has 0 aromatic carbocycles. The van der Waals surface area contributed by atoms with Gasteiger partial charge in [-0.05, 0) is 0 Å². The molecule has 0 spiro atoms. The molecule has 0 aliphatic heterocycles. The highest BCUT2D eigenvalue weighted by Gasteiger charge is 2.20. The van der Waals surface area contributed by atoms with Crippen molar-refractivity contribution in [1.82, 2.24) is 5.32 Å². The number of carbonyl (C=O) groups is 2. The van der Waals surface area contributed by atoms with Crippen molar-refractivity contribution in [2.75, 3.05) is 13.7 Å². The standard InChI is InChI=1S/C10H13NO5S/c1-16-6-4-8(17-5-6)9(13)11-7(2-3-12)10(14)15/h4-5,7,12H,2-3H2,1H3,(H,11,13)(H,14,15)/t7-/m0/s1. The minimum Gasteiger partial charge on any atom is -0.496 e. The van der Waals surface area contributed by atoms with E-state index >= 15 is 0 Å². The summed E-state index contributed by atoms with van der Waals surface area (Å²) in [6.45, 7) is -0.301. The maximum absolute atomic E-state index is 11.7. The van der Waals surface area contributed by atoms with Gasteiger partial charge in [-0.25, -0.2) is 4.79 Å². The lowest BCUT2D eigenvalue weighted by Crippen LogP contribution is -2.41. The Bertz CT molecular complexity index is 403. The van der Waals surface area contributed by atoms with Crippen LogP contribution in [-0.4, -0.2) is 41.8 Å². The second-order valence-electron chi connectivity index (χ2n) is 3.23. The molecule has 0 fully saturated rings. The first-order chi connectivity index (χ1) is 8.08. The van der Waals surface area contributed by atoms with Crippen molar-refractivity contribution < 1.29 is 24.5 Å². The van der Waals surface area contributed by atoms with E-state index in [1.165, 1.54) is 13.2 Å². The lowest BCUT2D eigenvalue weighted by Gasteiger charge is -2.11. The van der Waals surface area contributed by atoms with Crippen molar-refractivity contribution in [3.8, 4) is 5.75 Å². The number of amides is 1. The summed E-state index contributed by atoms with van der Waals surface area (Å²) in [6.07, 6.45) is -0.0242. The molecule has 0 aliphatic carbocycles. The molecule has 1 amide bonds. The zero-order valence-corrected chi connectivity index (χ0v) is 9.99. The largest absolute Gasteiger partial charge is 0.496 e. The van der Waals surface area contributed by atoms with Crippen molar-refractivity contribution >= 4 is 23.2 Å². The predicted octanol–water partition coefficient (Wildman–Crippen LogP) is 0.322. The van der Waals surface area contributed by atoms with Gasteiger partial charge in [-0.3, -0.25) is 4.79 Å². The summed E-state index contributed by atoms with van der Waals surface area (Å²) >= 11 is 1.16. The number of ether oxygens (including phenoxy) is 1. The monoisotopic (exact) mass is 259 g/mol. The molecule has 1 aromatic rings. The van der Waals surface area contributed by atoms with Gasteiger partial charge in [0.05, 0.1) is 12.0 Å². The molecule has 0 unspecified atom stereocenters. The number of aliphatic hydroxyl groups excluding tert-OH is 1. The van der Waals surface area contributed by atoms with E-state index in [-0.39, 0.29) is 13.0 Å². The summed E-state index contributed by atoms with van der Waals surface area (Å²) < 4.78 is 4.92. The number of hydrogen-bond acceptors (Lipinski definition) is 5. The Balaban J connectivity index is 2.66. The molecular weight excluding hydrogens is 246 g/mol. The van der Waals surface area contributed by atoms with Crippen LogP contribution < -0.4 is 10.1 Å². The summed E-state index contributed by atoms with van der Waals surface area (Å²) in [5, 5.41) is 21.5. The Hall–Kier alpha value is -1.60. The van der Waals surface area contributed by atoms with E-state index < -0.39 is 17.9 Å². The van der Waals surface area contributed by atoms with Gasteiger partial charge in [0.25, 0.3) is 5.91 Å². The van der Waals surface area contributed by atoms with Gasteiger partial charge in [0.1, 0.15) is 11.8 Å². The van der Waals surface area contributed by atoms with E-state index in [2.05, 4.69) is 5.32 Å². The van der Waals surface area contributed by atoms with E-state index in [1.54, 1.807) is 5.38 Å². The van der Waals surface area contributed by atoms with E-state index in [0.717, 1.165) is 11.3 Å². The van der Waals surface area contributed by atoms with Crippen LogP contribution >= 0.6 is 11.3 Å². The fourth-order valence-electron chi connectivity index (χ4n) is 1.16.